The lowest BCUT2D eigenvalue weighted by atomic mass is 10.2. The van der Waals surface area contributed by atoms with Crippen LogP contribution in [-0.4, -0.2) is 11.6 Å². The highest BCUT2D eigenvalue weighted by Gasteiger charge is 2.24. The van der Waals surface area contributed by atoms with E-state index in [0.717, 1.165) is 32.0 Å². The number of nitrogens with zero attached hydrogens (tertiary/aromatic N) is 3. The average molecular weight is 505 g/mol. The van der Waals surface area contributed by atoms with Crippen molar-refractivity contribution in [1.29, 1.82) is 0 Å². The molecule has 0 radical (unpaired) electrons. The number of thiazole rings is 1. The van der Waals surface area contributed by atoms with Crippen LogP contribution < -0.4 is 41.2 Å². The standard InChI is InChI=1S/C23H26N3OS2.BrH/c1-4-6-13-25-14-11-17(12-15-25)16-20-26(5-2)22(27)21(29-20)23-24(3)18-9-7-8-10-19(18)28-23;/h7-12,14-16H,4-6,13H2,1-3H3;1H/q+1;/p-1. The lowest BCUT2D eigenvalue weighted by molar-refractivity contribution is -0.697. The van der Waals surface area contributed by atoms with E-state index in [1.807, 2.05) is 30.7 Å². The summed E-state index contributed by atoms with van der Waals surface area (Å²) in [5.41, 5.74) is 2.38. The number of hydrogen-bond acceptors (Lipinski definition) is 4. The molecule has 0 unspecified atom stereocenters. The monoisotopic (exact) mass is 503 g/mol. The minimum absolute atomic E-state index is 0. The fraction of sp³-hybridized carbons (Fsp3) is 0.304. The molecule has 0 aliphatic carbocycles. The Morgan fingerprint density at radius 3 is 2.50 bits per heavy atom. The molecule has 1 aliphatic heterocycles. The first-order valence-electron chi connectivity index (χ1n) is 10.1. The second kappa shape index (κ2) is 9.98. The van der Waals surface area contributed by atoms with Gasteiger partial charge in [0.25, 0.3) is 5.56 Å². The van der Waals surface area contributed by atoms with Crippen molar-refractivity contribution in [3.05, 3.63) is 73.9 Å². The highest BCUT2D eigenvalue weighted by molar-refractivity contribution is 8.08. The Morgan fingerprint density at radius 1 is 1.10 bits per heavy atom. The number of unbranched alkanes of at least 4 members (excludes halogenated alkanes) is 1. The molecular weight excluding hydrogens is 478 g/mol. The molecule has 0 amide bonds. The molecule has 1 aliphatic rings. The predicted octanol–water partition coefficient (Wildman–Crippen LogP) is 0.158. The number of thioether (sulfide) groups is 1. The van der Waals surface area contributed by atoms with E-state index in [2.05, 4.69) is 59.1 Å². The van der Waals surface area contributed by atoms with Crippen molar-refractivity contribution in [3.8, 4) is 0 Å². The van der Waals surface area contributed by atoms with Crippen LogP contribution in [-0.2, 0) is 13.1 Å². The molecule has 2 aromatic heterocycles. The second-order valence-corrected chi connectivity index (χ2v) is 9.18. The molecule has 4 nitrogen and oxygen atoms in total. The third kappa shape index (κ3) is 4.43. The molecule has 3 aromatic rings. The molecule has 4 rings (SSSR count). The molecule has 0 saturated carbocycles. The maximum absolute atomic E-state index is 13.2. The molecule has 3 heterocycles. The van der Waals surface area contributed by atoms with E-state index in [0.29, 0.717) is 6.54 Å². The van der Waals surface area contributed by atoms with Crippen LogP contribution in [0.15, 0.2) is 58.5 Å². The summed E-state index contributed by atoms with van der Waals surface area (Å²) >= 11 is 3.27. The lowest BCUT2D eigenvalue weighted by Crippen LogP contribution is -3.00. The summed E-state index contributed by atoms with van der Waals surface area (Å²) in [6, 6.07) is 12.5. The van der Waals surface area contributed by atoms with Crippen LogP contribution >= 0.6 is 23.1 Å². The molecule has 0 saturated heterocycles. The number of fused-ring (bicyclic) bond motifs is 1. The number of rotatable bonds is 5. The largest absolute Gasteiger partial charge is 1.00 e. The van der Waals surface area contributed by atoms with Gasteiger partial charge in [-0.15, -0.1) is 11.3 Å². The van der Waals surface area contributed by atoms with Gasteiger partial charge >= 0.3 is 0 Å². The van der Waals surface area contributed by atoms with E-state index in [4.69, 9.17) is 0 Å². The Balaban J connectivity index is 0.00000256. The molecule has 0 N–H and O–H groups in total. The number of anilines is 1. The van der Waals surface area contributed by atoms with Gasteiger partial charge < -0.3 is 21.9 Å². The molecule has 0 atom stereocenters. The summed E-state index contributed by atoms with van der Waals surface area (Å²) < 4.78 is 5.90. The van der Waals surface area contributed by atoms with E-state index in [-0.39, 0.29) is 22.5 Å². The van der Waals surface area contributed by atoms with Gasteiger partial charge in [-0.1, -0.05) is 37.2 Å². The third-order valence-electron chi connectivity index (χ3n) is 5.14. The summed E-state index contributed by atoms with van der Waals surface area (Å²) in [6.45, 7) is 5.95. The fourth-order valence-corrected chi connectivity index (χ4v) is 5.94. The number of benzene rings is 1. The van der Waals surface area contributed by atoms with Crippen LogP contribution in [0.4, 0.5) is 5.69 Å². The maximum Gasteiger partial charge on any atom is 0.271 e. The number of hydrogen-bond donors (Lipinski definition) is 0. The second-order valence-electron chi connectivity index (χ2n) is 7.12. The Morgan fingerprint density at radius 2 is 1.83 bits per heavy atom. The topological polar surface area (TPSA) is 29.1 Å². The van der Waals surface area contributed by atoms with E-state index >= 15 is 0 Å². The third-order valence-corrected chi connectivity index (χ3v) is 7.62. The number of halogens is 1. The minimum Gasteiger partial charge on any atom is -1.00 e. The van der Waals surface area contributed by atoms with Crippen LogP contribution in [0.25, 0.3) is 11.1 Å². The Hall–Kier alpha value is -1.83. The van der Waals surface area contributed by atoms with Gasteiger partial charge in [0, 0.05) is 37.0 Å². The van der Waals surface area contributed by atoms with Crippen LogP contribution in [0.1, 0.15) is 32.3 Å². The molecule has 7 heteroatoms. The van der Waals surface area contributed by atoms with Crippen molar-refractivity contribution in [3.63, 3.8) is 0 Å². The molecular formula is C23H26BrN3OS2. The van der Waals surface area contributed by atoms with Gasteiger partial charge in [-0.2, -0.15) is 0 Å². The van der Waals surface area contributed by atoms with Crippen LogP contribution in [0.5, 0.6) is 0 Å². The zero-order valence-electron chi connectivity index (χ0n) is 17.5. The number of para-hydroxylation sites is 1. The minimum atomic E-state index is 0. The Bertz CT molecular complexity index is 1200. The van der Waals surface area contributed by atoms with Crippen LogP contribution in [0.2, 0.25) is 0 Å². The van der Waals surface area contributed by atoms with Gasteiger partial charge in [-0.3, -0.25) is 9.36 Å². The van der Waals surface area contributed by atoms with Crippen LogP contribution in [0, 0.1) is 0 Å². The molecule has 0 fully saturated rings. The zero-order chi connectivity index (χ0) is 20.4. The van der Waals surface area contributed by atoms with Crippen LogP contribution in [0.3, 0.4) is 0 Å². The SMILES string of the molecule is CCCC[n+]1ccc(C=c2sc(=C3Sc4ccccc4N3C)c(=O)n2CC)cc1.[Br-]. The quantitative estimate of drug-likeness (QED) is 0.464. The van der Waals surface area contributed by atoms with Crippen molar-refractivity contribution in [1.82, 2.24) is 4.57 Å². The van der Waals surface area contributed by atoms with E-state index in [9.17, 15) is 4.79 Å². The molecule has 0 bridgehead atoms. The van der Waals surface area contributed by atoms with Crippen molar-refractivity contribution >= 4 is 39.9 Å². The summed E-state index contributed by atoms with van der Waals surface area (Å²) in [5, 5.41) is 1.02. The van der Waals surface area contributed by atoms with Gasteiger partial charge in [0.2, 0.25) is 0 Å². The molecule has 30 heavy (non-hydrogen) atoms. The molecule has 158 valence electrons. The smallest absolute Gasteiger partial charge is 0.271 e. The lowest BCUT2D eigenvalue weighted by Gasteiger charge is -2.11. The van der Waals surface area contributed by atoms with E-state index in [1.165, 1.54) is 17.7 Å². The van der Waals surface area contributed by atoms with Gasteiger partial charge in [0.15, 0.2) is 12.4 Å². The summed E-state index contributed by atoms with van der Waals surface area (Å²) in [6.07, 6.45) is 8.74. The summed E-state index contributed by atoms with van der Waals surface area (Å²) in [4.78, 5) is 16.5. The van der Waals surface area contributed by atoms with Gasteiger partial charge in [-0.25, -0.2) is 4.57 Å². The van der Waals surface area contributed by atoms with E-state index in [1.54, 1.807) is 23.1 Å². The summed E-state index contributed by atoms with van der Waals surface area (Å²) in [5.74, 6) is 0. The first kappa shape index (κ1) is 22.8. The average Bonchev–Trinajstić information content (AvgIpc) is 3.24. The van der Waals surface area contributed by atoms with Crippen molar-refractivity contribution in [2.45, 2.75) is 44.7 Å². The van der Waals surface area contributed by atoms with Gasteiger partial charge in [0.1, 0.15) is 16.1 Å². The maximum atomic E-state index is 13.2. The summed E-state index contributed by atoms with van der Waals surface area (Å²) in [7, 11) is 2.04. The fourth-order valence-electron chi connectivity index (χ4n) is 3.47. The predicted molar refractivity (Wildman–Crippen MR) is 123 cm³/mol. The normalized spacial score (nSPS) is 15.3. The van der Waals surface area contributed by atoms with Crippen molar-refractivity contribution < 1.29 is 21.5 Å². The number of aryl methyl sites for hydroxylation is 1. The molecule has 1 aromatic carbocycles. The number of pyridine rings is 1. The number of aromatic nitrogens is 2. The van der Waals surface area contributed by atoms with Crippen molar-refractivity contribution in [2.75, 3.05) is 11.9 Å². The first-order chi connectivity index (χ1) is 14.1. The Kier molecular flexibility index (Phi) is 7.60. The zero-order valence-corrected chi connectivity index (χ0v) is 20.7. The van der Waals surface area contributed by atoms with Crippen molar-refractivity contribution in [2.24, 2.45) is 0 Å². The van der Waals surface area contributed by atoms with Gasteiger partial charge in [-0.05, 0) is 30.7 Å². The highest BCUT2D eigenvalue weighted by atomic mass is 79.9. The Labute approximate surface area is 196 Å². The molecule has 0 spiro atoms. The first-order valence-corrected chi connectivity index (χ1v) is 11.7. The van der Waals surface area contributed by atoms with E-state index < -0.39 is 0 Å². The highest BCUT2D eigenvalue weighted by Crippen LogP contribution is 2.44. The van der Waals surface area contributed by atoms with Gasteiger partial charge in [0.05, 0.1) is 10.4 Å².